The summed E-state index contributed by atoms with van der Waals surface area (Å²) >= 11 is 3.56. The van der Waals surface area contributed by atoms with Gasteiger partial charge in [0.1, 0.15) is 0 Å². The first-order valence-electron chi connectivity index (χ1n) is 6.23. The van der Waals surface area contributed by atoms with Gasteiger partial charge in [-0.3, -0.25) is 0 Å². The lowest BCUT2D eigenvalue weighted by Crippen LogP contribution is -2.42. The molecule has 96 valence electrons. The van der Waals surface area contributed by atoms with Crippen LogP contribution in [0.2, 0.25) is 0 Å². The second-order valence-electron chi connectivity index (χ2n) is 4.96. The summed E-state index contributed by atoms with van der Waals surface area (Å²) in [6.45, 7) is 2.15. The first-order chi connectivity index (χ1) is 8.61. The molecule has 1 aliphatic rings. The Morgan fingerprint density at radius 3 is 2.50 bits per heavy atom. The van der Waals surface area contributed by atoms with Crippen molar-refractivity contribution in [3.05, 3.63) is 28.2 Å². The Morgan fingerprint density at radius 1 is 1.33 bits per heavy atom. The number of benzene rings is 1. The number of nitrogens with zero attached hydrogens (tertiary/aromatic N) is 3. The summed E-state index contributed by atoms with van der Waals surface area (Å²) in [5, 5.41) is 8.87. The third-order valence-electron chi connectivity index (χ3n) is 3.61. The minimum Gasteiger partial charge on any atom is -0.371 e. The zero-order valence-electron chi connectivity index (χ0n) is 10.9. The molecule has 18 heavy (non-hydrogen) atoms. The Bertz CT molecular complexity index is 457. The van der Waals surface area contributed by atoms with E-state index in [-0.39, 0.29) is 0 Å². The lowest BCUT2D eigenvalue weighted by atomic mass is 10.0. The topological polar surface area (TPSA) is 30.3 Å². The SMILES string of the molecule is CN(C)C1CCN(c2ccc(C#N)cc2Br)CC1. The standard InChI is InChI=1S/C14H18BrN3/c1-17(2)12-5-7-18(8-6-12)14-4-3-11(10-16)9-13(14)15/h3-4,9,12H,5-8H2,1-2H3. The molecule has 0 atom stereocenters. The maximum atomic E-state index is 8.87. The molecular weight excluding hydrogens is 290 g/mol. The van der Waals surface area contributed by atoms with E-state index in [2.05, 4.69) is 45.9 Å². The highest BCUT2D eigenvalue weighted by atomic mass is 79.9. The van der Waals surface area contributed by atoms with E-state index in [0.29, 0.717) is 11.6 Å². The lowest BCUT2D eigenvalue weighted by Gasteiger charge is -2.36. The maximum absolute atomic E-state index is 8.87. The Balaban J connectivity index is 2.08. The molecule has 0 aromatic heterocycles. The Hall–Kier alpha value is -1.05. The van der Waals surface area contributed by atoms with E-state index in [1.807, 2.05) is 18.2 Å². The predicted molar refractivity (Wildman–Crippen MR) is 77.8 cm³/mol. The minimum atomic E-state index is 0.693. The molecule has 0 bridgehead atoms. The summed E-state index contributed by atoms with van der Waals surface area (Å²) in [4.78, 5) is 4.70. The van der Waals surface area contributed by atoms with Crippen LogP contribution in [-0.4, -0.2) is 38.1 Å². The molecule has 0 amide bonds. The van der Waals surface area contributed by atoms with Gasteiger partial charge in [0.05, 0.1) is 17.3 Å². The zero-order valence-corrected chi connectivity index (χ0v) is 12.4. The quantitative estimate of drug-likeness (QED) is 0.841. The van der Waals surface area contributed by atoms with E-state index in [9.17, 15) is 0 Å². The molecule has 1 saturated heterocycles. The van der Waals surface area contributed by atoms with Crippen molar-refractivity contribution >= 4 is 21.6 Å². The van der Waals surface area contributed by atoms with E-state index < -0.39 is 0 Å². The van der Waals surface area contributed by atoms with Gasteiger partial charge in [-0.25, -0.2) is 0 Å². The van der Waals surface area contributed by atoms with Crippen LogP contribution in [0, 0.1) is 11.3 Å². The molecule has 0 saturated carbocycles. The van der Waals surface area contributed by atoms with Crippen LogP contribution in [0.3, 0.4) is 0 Å². The molecule has 0 aliphatic carbocycles. The maximum Gasteiger partial charge on any atom is 0.0992 e. The Morgan fingerprint density at radius 2 is 2.00 bits per heavy atom. The molecule has 0 unspecified atom stereocenters. The summed E-state index contributed by atoms with van der Waals surface area (Å²) in [6.07, 6.45) is 2.39. The largest absolute Gasteiger partial charge is 0.371 e. The number of nitriles is 1. The van der Waals surface area contributed by atoms with E-state index in [0.717, 1.165) is 17.6 Å². The van der Waals surface area contributed by atoms with Crippen molar-refractivity contribution in [1.29, 1.82) is 5.26 Å². The van der Waals surface area contributed by atoms with Gasteiger partial charge in [0.2, 0.25) is 0 Å². The summed E-state index contributed by atoms with van der Waals surface area (Å²) in [5.41, 5.74) is 1.90. The normalized spacial score (nSPS) is 16.9. The number of halogens is 1. The predicted octanol–water partition coefficient (Wildman–Crippen LogP) is 2.85. The van der Waals surface area contributed by atoms with Crippen LogP contribution < -0.4 is 4.90 Å². The fourth-order valence-corrected chi connectivity index (χ4v) is 3.09. The van der Waals surface area contributed by atoms with Crippen LogP contribution in [0.5, 0.6) is 0 Å². The smallest absolute Gasteiger partial charge is 0.0992 e. The van der Waals surface area contributed by atoms with E-state index in [1.165, 1.54) is 18.5 Å². The highest BCUT2D eigenvalue weighted by Crippen LogP contribution is 2.30. The third kappa shape index (κ3) is 2.85. The molecule has 3 nitrogen and oxygen atoms in total. The molecule has 1 aromatic rings. The van der Waals surface area contributed by atoms with Gasteiger partial charge in [-0.15, -0.1) is 0 Å². The van der Waals surface area contributed by atoms with Crippen LogP contribution in [-0.2, 0) is 0 Å². The van der Waals surface area contributed by atoms with Crippen molar-refractivity contribution in [3.63, 3.8) is 0 Å². The van der Waals surface area contributed by atoms with Crippen LogP contribution in [0.1, 0.15) is 18.4 Å². The number of hydrogen-bond donors (Lipinski definition) is 0. The van der Waals surface area contributed by atoms with Crippen molar-refractivity contribution in [3.8, 4) is 6.07 Å². The monoisotopic (exact) mass is 307 g/mol. The Kier molecular flexibility index (Phi) is 4.26. The van der Waals surface area contributed by atoms with Crippen molar-refractivity contribution < 1.29 is 0 Å². The molecule has 1 aliphatic heterocycles. The molecule has 1 heterocycles. The molecular formula is C14H18BrN3. The van der Waals surface area contributed by atoms with Gasteiger partial charge in [-0.2, -0.15) is 5.26 Å². The molecule has 2 rings (SSSR count). The minimum absolute atomic E-state index is 0.693. The van der Waals surface area contributed by atoms with Crippen LogP contribution in [0.4, 0.5) is 5.69 Å². The number of anilines is 1. The number of piperidine rings is 1. The summed E-state index contributed by atoms with van der Waals surface area (Å²) in [6, 6.07) is 8.68. The van der Waals surface area contributed by atoms with Crippen molar-refractivity contribution in [2.24, 2.45) is 0 Å². The molecule has 4 heteroatoms. The molecule has 0 spiro atoms. The van der Waals surface area contributed by atoms with Gasteiger partial charge in [-0.05, 0) is 61.1 Å². The van der Waals surface area contributed by atoms with Gasteiger partial charge in [0, 0.05) is 23.6 Å². The lowest BCUT2D eigenvalue weighted by molar-refractivity contribution is 0.249. The Labute approximate surface area is 117 Å². The molecule has 1 aromatic carbocycles. The van der Waals surface area contributed by atoms with Crippen LogP contribution in [0.15, 0.2) is 22.7 Å². The van der Waals surface area contributed by atoms with Crippen molar-refractivity contribution in [2.75, 3.05) is 32.1 Å². The van der Waals surface area contributed by atoms with Crippen LogP contribution >= 0.6 is 15.9 Å². The van der Waals surface area contributed by atoms with E-state index in [1.54, 1.807) is 0 Å². The first kappa shape index (κ1) is 13.4. The molecule has 0 radical (unpaired) electrons. The summed E-state index contributed by atoms with van der Waals surface area (Å²) < 4.78 is 1.02. The molecule has 0 N–H and O–H groups in total. The van der Waals surface area contributed by atoms with E-state index in [4.69, 9.17) is 5.26 Å². The second-order valence-corrected chi connectivity index (χ2v) is 5.81. The van der Waals surface area contributed by atoms with Gasteiger partial charge in [0.15, 0.2) is 0 Å². The van der Waals surface area contributed by atoms with E-state index >= 15 is 0 Å². The fourth-order valence-electron chi connectivity index (χ4n) is 2.46. The number of rotatable bonds is 2. The number of hydrogen-bond acceptors (Lipinski definition) is 3. The third-order valence-corrected chi connectivity index (χ3v) is 4.25. The second kappa shape index (κ2) is 5.73. The zero-order chi connectivity index (χ0) is 13.1. The van der Waals surface area contributed by atoms with Crippen LogP contribution in [0.25, 0.3) is 0 Å². The highest BCUT2D eigenvalue weighted by molar-refractivity contribution is 9.10. The van der Waals surface area contributed by atoms with Gasteiger partial charge >= 0.3 is 0 Å². The first-order valence-corrected chi connectivity index (χ1v) is 7.02. The van der Waals surface area contributed by atoms with Gasteiger partial charge < -0.3 is 9.80 Å². The highest BCUT2D eigenvalue weighted by Gasteiger charge is 2.21. The van der Waals surface area contributed by atoms with Gasteiger partial charge in [-0.1, -0.05) is 0 Å². The van der Waals surface area contributed by atoms with Crippen molar-refractivity contribution in [1.82, 2.24) is 4.90 Å². The fraction of sp³-hybridized carbons (Fsp3) is 0.500. The average molecular weight is 308 g/mol. The summed E-state index contributed by atoms with van der Waals surface area (Å²) in [5.74, 6) is 0. The molecule has 1 fully saturated rings. The van der Waals surface area contributed by atoms with Gasteiger partial charge in [0.25, 0.3) is 0 Å². The average Bonchev–Trinajstić information content (AvgIpc) is 2.38. The van der Waals surface area contributed by atoms with Crippen molar-refractivity contribution in [2.45, 2.75) is 18.9 Å². The summed E-state index contributed by atoms with van der Waals surface area (Å²) in [7, 11) is 4.30.